The molecule has 0 bridgehead atoms. The van der Waals surface area contributed by atoms with Gasteiger partial charge in [0.2, 0.25) is 0 Å². The number of methoxy groups -OCH3 is 2. The second-order valence-electron chi connectivity index (χ2n) is 11.6. The van der Waals surface area contributed by atoms with Crippen LogP contribution in [0, 0.1) is 0 Å². The van der Waals surface area contributed by atoms with Gasteiger partial charge >= 0.3 is 12.1 Å². The van der Waals surface area contributed by atoms with Gasteiger partial charge in [-0.15, -0.1) is 0 Å². The Labute approximate surface area is 268 Å². The van der Waals surface area contributed by atoms with Crippen molar-refractivity contribution in [3.05, 3.63) is 119 Å². The standard InChI is InChI=1S/C37H38N2O7/c1-42-27-17-16-26(34(19-27)43-2)20-45-35(40)33(18-25-10-4-3-5-11-25)39-37(23-44-24-37)22-38-36(41)46-21-32-30-14-8-6-12-28(30)29-13-7-9-15-31(29)32/h3-17,19,32-33,39H,18,20-24H2,1-2H3,(H,38,41)/t33-/m0/s1. The maximum absolute atomic E-state index is 13.5. The van der Waals surface area contributed by atoms with E-state index in [-0.39, 0.29) is 25.7 Å². The number of alkyl carbamates (subject to hydrolysis) is 1. The molecule has 0 saturated carbocycles. The first-order chi connectivity index (χ1) is 22.5. The van der Waals surface area contributed by atoms with E-state index in [0.29, 0.717) is 36.7 Å². The minimum absolute atomic E-state index is 0.0282. The van der Waals surface area contributed by atoms with E-state index in [4.69, 9.17) is 23.7 Å². The van der Waals surface area contributed by atoms with Crippen LogP contribution in [0.25, 0.3) is 11.1 Å². The van der Waals surface area contributed by atoms with E-state index >= 15 is 0 Å². The van der Waals surface area contributed by atoms with E-state index in [1.807, 2.05) is 60.7 Å². The third kappa shape index (κ3) is 6.85. The van der Waals surface area contributed by atoms with Gasteiger partial charge in [-0.1, -0.05) is 78.9 Å². The molecule has 238 valence electrons. The number of fused-ring (bicyclic) bond motifs is 3. The Kier molecular flexibility index (Phi) is 9.51. The summed E-state index contributed by atoms with van der Waals surface area (Å²) < 4.78 is 27.9. The molecule has 0 aromatic heterocycles. The molecule has 0 radical (unpaired) electrons. The summed E-state index contributed by atoms with van der Waals surface area (Å²) in [5, 5.41) is 6.36. The first-order valence-electron chi connectivity index (χ1n) is 15.3. The second kappa shape index (κ2) is 14.1. The topological polar surface area (TPSA) is 104 Å². The zero-order valence-corrected chi connectivity index (χ0v) is 26.0. The summed E-state index contributed by atoms with van der Waals surface area (Å²) in [6.45, 7) is 1.10. The second-order valence-corrected chi connectivity index (χ2v) is 11.6. The summed E-state index contributed by atoms with van der Waals surface area (Å²) in [6.07, 6.45) is -0.129. The molecule has 1 aliphatic heterocycles. The Balaban J connectivity index is 1.09. The number of benzene rings is 4. The zero-order valence-electron chi connectivity index (χ0n) is 26.0. The van der Waals surface area contributed by atoms with Crippen LogP contribution in [0.4, 0.5) is 4.79 Å². The molecule has 0 spiro atoms. The van der Waals surface area contributed by atoms with E-state index < -0.39 is 23.6 Å². The monoisotopic (exact) mass is 622 g/mol. The zero-order chi connectivity index (χ0) is 31.9. The summed E-state index contributed by atoms with van der Waals surface area (Å²) in [7, 11) is 3.14. The molecule has 9 heteroatoms. The first kappa shape index (κ1) is 31.1. The molecule has 1 amide bonds. The molecule has 1 heterocycles. The first-order valence-corrected chi connectivity index (χ1v) is 15.3. The predicted molar refractivity (Wildman–Crippen MR) is 173 cm³/mol. The third-order valence-electron chi connectivity index (χ3n) is 8.58. The van der Waals surface area contributed by atoms with Crippen molar-refractivity contribution in [2.45, 2.75) is 30.5 Å². The van der Waals surface area contributed by atoms with E-state index in [2.05, 4.69) is 34.9 Å². The van der Waals surface area contributed by atoms with Crippen molar-refractivity contribution in [2.24, 2.45) is 0 Å². The lowest BCUT2D eigenvalue weighted by atomic mass is 9.94. The smallest absolute Gasteiger partial charge is 0.407 e. The van der Waals surface area contributed by atoms with Crippen molar-refractivity contribution >= 4 is 12.1 Å². The fourth-order valence-electron chi connectivity index (χ4n) is 6.11. The molecule has 1 saturated heterocycles. The number of ether oxygens (including phenoxy) is 5. The summed E-state index contributed by atoms with van der Waals surface area (Å²) in [6, 6.07) is 30.8. The van der Waals surface area contributed by atoms with Crippen LogP contribution in [-0.4, -0.2) is 64.2 Å². The van der Waals surface area contributed by atoms with Gasteiger partial charge in [0.25, 0.3) is 0 Å². The van der Waals surface area contributed by atoms with Crippen LogP contribution in [-0.2, 0) is 32.0 Å². The highest BCUT2D eigenvalue weighted by Gasteiger charge is 2.42. The van der Waals surface area contributed by atoms with Crippen LogP contribution >= 0.6 is 0 Å². The van der Waals surface area contributed by atoms with Crippen LogP contribution in [0.3, 0.4) is 0 Å². The third-order valence-corrected chi connectivity index (χ3v) is 8.58. The maximum atomic E-state index is 13.5. The van der Waals surface area contributed by atoms with Crippen molar-refractivity contribution in [3.8, 4) is 22.6 Å². The van der Waals surface area contributed by atoms with Crippen molar-refractivity contribution in [1.29, 1.82) is 0 Å². The average molecular weight is 623 g/mol. The number of nitrogens with one attached hydrogen (secondary N) is 2. The summed E-state index contributed by atoms with van der Waals surface area (Å²) in [5.74, 6) is 0.753. The molecule has 2 N–H and O–H groups in total. The van der Waals surface area contributed by atoms with Crippen LogP contribution in [0.1, 0.15) is 28.2 Å². The van der Waals surface area contributed by atoms with Crippen molar-refractivity contribution in [3.63, 3.8) is 0 Å². The molecule has 1 fully saturated rings. The van der Waals surface area contributed by atoms with E-state index in [9.17, 15) is 9.59 Å². The fraction of sp³-hybridized carbons (Fsp3) is 0.297. The number of carbonyl (C=O) groups is 2. The Morgan fingerprint density at radius 2 is 1.52 bits per heavy atom. The minimum atomic E-state index is -0.695. The van der Waals surface area contributed by atoms with Gasteiger partial charge in [-0.25, -0.2) is 4.79 Å². The SMILES string of the molecule is COc1ccc(COC(=O)[C@H](Cc2ccccc2)NC2(CNC(=O)OCC3c4ccccc4-c4ccccc43)COC2)c(OC)c1. The number of hydrogen-bond donors (Lipinski definition) is 2. The number of rotatable bonds is 13. The molecule has 46 heavy (non-hydrogen) atoms. The molecular weight excluding hydrogens is 584 g/mol. The molecule has 0 unspecified atom stereocenters. The molecule has 6 rings (SSSR count). The van der Waals surface area contributed by atoms with Crippen molar-refractivity contribution in [1.82, 2.24) is 10.6 Å². The van der Waals surface area contributed by atoms with Gasteiger partial charge in [-0.05, 0) is 46.4 Å². The van der Waals surface area contributed by atoms with Gasteiger partial charge in [0.05, 0.1) is 33.0 Å². The molecule has 1 aliphatic carbocycles. The van der Waals surface area contributed by atoms with Gasteiger partial charge in [0.1, 0.15) is 30.8 Å². The highest BCUT2D eigenvalue weighted by atomic mass is 16.6. The van der Waals surface area contributed by atoms with E-state index in [1.165, 1.54) is 11.1 Å². The molecule has 4 aromatic carbocycles. The fourth-order valence-corrected chi connectivity index (χ4v) is 6.11. The number of hydrogen-bond acceptors (Lipinski definition) is 8. The van der Waals surface area contributed by atoms with Crippen molar-refractivity contribution < 1.29 is 33.3 Å². The highest BCUT2D eigenvalue weighted by Crippen LogP contribution is 2.44. The molecular formula is C37H38N2O7. The van der Waals surface area contributed by atoms with E-state index in [0.717, 1.165) is 16.7 Å². The Hall–Kier alpha value is -4.86. The Morgan fingerprint density at radius 1 is 0.848 bits per heavy atom. The molecule has 4 aromatic rings. The normalized spacial score (nSPS) is 15.1. The highest BCUT2D eigenvalue weighted by molar-refractivity contribution is 5.79. The molecule has 2 aliphatic rings. The number of carbonyl (C=O) groups excluding carboxylic acids is 2. The van der Waals surface area contributed by atoms with Crippen LogP contribution < -0.4 is 20.1 Å². The van der Waals surface area contributed by atoms with Gasteiger partial charge in [0.15, 0.2) is 0 Å². The minimum Gasteiger partial charge on any atom is -0.497 e. The molecule has 9 nitrogen and oxygen atoms in total. The lowest BCUT2D eigenvalue weighted by Crippen LogP contribution is -2.69. The van der Waals surface area contributed by atoms with Gasteiger partial charge in [-0.2, -0.15) is 0 Å². The maximum Gasteiger partial charge on any atom is 0.407 e. The van der Waals surface area contributed by atoms with Gasteiger partial charge in [-0.3, -0.25) is 10.1 Å². The summed E-state index contributed by atoms with van der Waals surface area (Å²) in [5.41, 5.74) is 5.66. The Morgan fingerprint density at radius 3 is 2.15 bits per heavy atom. The Bertz CT molecular complexity index is 1630. The van der Waals surface area contributed by atoms with Crippen LogP contribution in [0.15, 0.2) is 97.1 Å². The number of esters is 1. The average Bonchev–Trinajstić information content (AvgIpc) is 3.40. The van der Waals surface area contributed by atoms with Crippen molar-refractivity contribution in [2.75, 3.05) is 40.6 Å². The molecule has 1 atom stereocenters. The quantitative estimate of drug-likeness (QED) is 0.195. The number of amides is 1. The van der Waals surface area contributed by atoms with Gasteiger partial charge in [0, 0.05) is 24.1 Å². The predicted octanol–water partition coefficient (Wildman–Crippen LogP) is 5.26. The van der Waals surface area contributed by atoms with Gasteiger partial charge < -0.3 is 29.0 Å². The largest absolute Gasteiger partial charge is 0.497 e. The lowest BCUT2D eigenvalue weighted by molar-refractivity contribution is -0.151. The lowest BCUT2D eigenvalue weighted by Gasteiger charge is -2.44. The van der Waals surface area contributed by atoms with E-state index in [1.54, 1.807) is 26.4 Å². The summed E-state index contributed by atoms with van der Waals surface area (Å²) >= 11 is 0. The van der Waals surface area contributed by atoms with Crippen LogP contribution in [0.2, 0.25) is 0 Å². The summed E-state index contributed by atoms with van der Waals surface area (Å²) in [4.78, 5) is 26.5. The van der Waals surface area contributed by atoms with Crippen LogP contribution in [0.5, 0.6) is 11.5 Å².